The number of hydrogen-bond donors (Lipinski definition) is 1. The van der Waals surface area contributed by atoms with E-state index in [9.17, 15) is 0 Å². The van der Waals surface area contributed by atoms with Crippen molar-refractivity contribution < 1.29 is 0 Å². The Labute approximate surface area is 88.7 Å². The average Bonchev–Trinajstić information content (AvgIpc) is 2.01. The molecule has 1 fully saturated rings. The third-order valence-corrected chi connectivity index (χ3v) is 3.01. The van der Waals surface area contributed by atoms with Gasteiger partial charge in [0.05, 0.1) is 0 Å². The molecule has 2 atom stereocenters. The van der Waals surface area contributed by atoms with E-state index >= 15 is 0 Å². The van der Waals surface area contributed by atoms with Crippen LogP contribution in [0.25, 0.3) is 0 Å². The summed E-state index contributed by atoms with van der Waals surface area (Å²) in [7, 11) is 0. The lowest BCUT2D eigenvalue weighted by Gasteiger charge is -2.37. The minimum absolute atomic E-state index is 0.260. The molecule has 1 heteroatoms. The first kappa shape index (κ1) is 11.6. The summed E-state index contributed by atoms with van der Waals surface area (Å²) in [6, 6.07) is 0. The van der Waals surface area contributed by atoms with E-state index in [1.165, 1.54) is 19.4 Å². The van der Waals surface area contributed by atoms with Gasteiger partial charge in [0.1, 0.15) is 0 Å². The molecule has 1 nitrogen and oxygen atoms in total. The molecule has 0 aromatic rings. The van der Waals surface area contributed by atoms with E-state index in [0.29, 0.717) is 0 Å². The monoisotopic (exact) mass is 193 g/mol. The van der Waals surface area contributed by atoms with Gasteiger partial charge in [-0.2, -0.15) is 0 Å². The first-order valence-corrected chi connectivity index (χ1v) is 5.67. The SMILES string of the molecule is CC#CCC1CCC1CNC(C)(C)C. The Morgan fingerprint density at radius 2 is 1.86 bits per heavy atom. The van der Waals surface area contributed by atoms with Crippen molar-refractivity contribution in [1.82, 2.24) is 5.32 Å². The van der Waals surface area contributed by atoms with Crippen LogP contribution >= 0.6 is 0 Å². The molecule has 1 aliphatic rings. The van der Waals surface area contributed by atoms with Gasteiger partial charge in [-0.15, -0.1) is 11.8 Å². The third-order valence-electron chi connectivity index (χ3n) is 3.01. The van der Waals surface area contributed by atoms with Crippen LogP contribution in [0, 0.1) is 23.7 Å². The van der Waals surface area contributed by atoms with Crippen LogP contribution in [0.3, 0.4) is 0 Å². The maximum Gasteiger partial charge on any atom is 0.0120 e. The molecule has 0 saturated heterocycles. The molecule has 0 spiro atoms. The predicted molar refractivity (Wildman–Crippen MR) is 62.0 cm³/mol. The highest BCUT2D eigenvalue weighted by Crippen LogP contribution is 2.36. The lowest BCUT2D eigenvalue weighted by molar-refractivity contribution is 0.164. The number of rotatable bonds is 3. The topological polar surface area (TPSA) is 12.0 Å². The van der Waals surface area contributed by atoms with Crippen LogP contribution < -0.4 is 5.32 Å². The second-order valence-corrected chi connectivity index (χ2v) is 5.36. The largest absolute Gasteiger partial charge is 0.312 e. The zero-order chi connectivity index (χ0) is 10.6. The highest BCUT2D eigenvalue weighted by molar-refractivity contribution is 5.00. The van der Waals surface area contributed by atoms with Gasteiger partial charge in [-0.05, 0) is 58.9 Å². The molecule has 1 rings (SSSR count). The Balaban J connectivity index is 2.22. The maximum atomic E-state index is 3.58. The maximum absolute atomic E-state index is 3.58. The van der Waals surface area contributed by atoms with E-state index in [4.69, 9.17) is 0 Å². The summed E-state index contributed by atoms with van der Waals surface area (Å²) in [5.74, 6) is 7.92. The number of hydrogen-bond acceptors (Lipinski definition) is 1. The summed E-state index contributed by atoms with van der Waals surface area (Å²) >= 11 is 0. The van der Waals surface area contributed by atoms with Crippen molar-refractivity contribution in [3.05, 3.63) is 0 Å². The zero-order valence-corrected chi connectivity index (χ0v) is 9.98. The lowest BCUT2D eigenvalue weighted by Crippen LogP contribution is -2.43. The van der Waals surface area contributed by atoms with E-state index < -0.39 is 0 Å². The van der Waals surface area contributed by atoms with Crippen molar-refractivity contribution in [2.45, 2.75) is 52.5 Å². The summed E-state index contributed by atoms with van der Waals surface area (Å²) in [6.45, 7) is 9.78. The Morgan fingerprint density at radius 1 is 1.21 bits per heavy atom. The normalized spacial score (nSPS) is 26.3. The van der Waals surface area contributed by atoms with Crippen LogP contribution in [0.15, 0.2) is 0 Å². The smallest absolute Gasteiger partial charge is 0.0120 e. The van der Waals surface area contributed by atoms with Crippen LogP contribution in [0.5, 0.6) is 0 Å². The van der Waals surface area contributed by atoms with Gasteiger partial charge in [0, 0.05) is 12.0 Å². The molecule has 1 aliphatic carbocycles. The Kier molecular flexibility index (Phi) is 4.01. The van der Waals surface area contributed by atoms with Crippen molar-refractivity contribution in [3.63, 3.8) is 0 Å². The van der Waals surface area contributed by atoms with E-state index in [2.05, 4.69) is 37.9 Å². The van der Waals surface area contributed by atoms with Gasteiger partial charge in [0.15, 0.2) is 0 Å². The molecule has 0 aromatic heterocycles. The molecular weight excluding hydrogens is 170 g/mol. The van der Waals surface area contributed by atoms with Gasteiger partial charge in [-0.1, -0.05) is 0 Å². The molecular formula is C13H23N. The predicted octanol–water partition coefficient (Wildman–Crippen LogP) is 2.81. The van der Waals surface area contributed by atoms with Crippen LogP contribution in [0.1, 0.15) is 47.0 Å². The number of nitrogens with one attached hydrogen (secondary N) is 1. The van der Waals surface area contributed by atoms with E-state index in [1.807, 2.05) is 6.92 Å². The van der Waals surface area contributed by atoms with Crippen molar-refractivity contribution >= 4 is 0 Å². The van der Waals surface area contributed by atoms with Crippen LogP contribution in [0.2, 0.25) is 0 Å². The van der Waals surface area contributed by atoms with Crippen molar-refractivity contribution in [3.8, 4) is 11.8 Å². The highest BCUT2D eigenvalue weighted by atomic mass is 14.9. The molecule has 0 aliphatic heterocycles. The van der Waals surface area contributed by atoms with Gasteiger partial charge in [-0.25, -0.2) is 0 Å². The molecule has 0 aromatic carbocycles. The van der Waals surface area contributed by atoms with Crippen molar-refractivity contribution in [2.24, 2.45) is 11.8 Å². The molecule has 0 bridgehead atoms. The minimum Gasteiger partial charge on any atom is -0.312 e. The van der Waals surface area contributed by atoms with Gasteiger partial charge >= 0.3 is 0 Å². The molecule has 2 unspecified atom stereocenters. The molecule has 14 heavy (non-hydrogen) atoms. The molecule has 80 valence electrons. The standard InChI is InChI=1S/C13H23N/c1-5-6-7-11-8-9-12(11)10-14-13(2,3)4/h11-12,14H,7-10H2,1-4H3. The lowest BCUT2D eigenvalue weighted by atomic mass is 9.72. The highest BCUT2D eigenvalue weighted by Gasteiger charge is 2.30. The molecule has 1 N–H and O–H groups in total. The second kappa shape index (κ2) is 4.84. The van der Waals surface area contributed by atoms with Gasteiger partial charge in [-0.3, -0.25) is 0 Å². The zero-order valence-electron chi connectivity index (χ0n) is 9.98. The fraction of sp³-hybridized carbons (Fsp3) is 0.846. The van der Waals surface area contributed by atoms with E-state index in [1.54, 1.807) is 0 Å². The minimum atomic E-state index is 0.260. The van der Waals surface area contributed by atoms with E-state index in [0.717, 1.165) is 18.3 Å². The van der Waals surface area contributed by atoms with E-state index in [-0.39, 0.29) is 5.54 Å². The summed E-state index contributed by atoms with van der Waals surface area (Å²) in [6.07, 6.45) is 3.87. The fourth-order valence-electron chi connectivity index (χ4n) is 1.85. The summed E-state index contributed by atoms with van der Waals surface area (Å²) in [5.41, 5.74) is 0.260. The first-order valence-electron chi connectivity index (χ1n) is 5.67. The quantitative estimate of drug-likeness (QED) is 0.680. The summed E-state index contributed by atoms with van der Waals surface area (Å²) < 4.78 is 0. The van der Waals surface area contributed by atoms with Gasteiger partial charge in [0.25, 0.3) is 0 Å². The van der Waals surface area contributed by atoms with Crippen molar-refractivity contribution in [2.75, 3.05) is 6.54 Å². The molecule has 0 heterocycles. The van der Waals surface area contributed by atoms with Crippen LogP contribution in [0.4, 0.5) is 0 Å². The first-order chi connectivity index (χ1) is 6.53. The van der Waals surface area contributed by atoms with Gasteiger partial charge < -0.3 is 5.32 Å². The third kappa shape index (κ3) is 3.72. The fourth-order valence-corrected chi connectivity index (χ4v) is 1.85. The Morgan fingerprint density at radius 3 is 2.29 bits per heavy atom. The van der Waals surface area contributed by atoms with Gasteiger partial charge in [0.2, 0.25) is 0 Å². The second-order valence-electron chi connectivity index (χ2n) is 5.36. The Bertz CT molecular complexity index is 226. The summed E-state index contributed by atoms with van der Waals surface area (Å²) in [5, 5.41) is 3.58. The molecule has 1 saturated carbocycles. The molecule has 0 radical (unpaired) electrons. The van der Waals surface area contributed by atoms with Crippen LogP contribution in [-0.4, -0.2) is 12.1 Å². The Hall–Kier alpha value is -0.480. The summed E-state index contributed by atoms with van der Waals surface area (Å²) in [4.78, 5) is 0. The van der Waals surface area contributed by atoms with Crippen LogP contribution in [-0.2, 0) is 0 Å². The molecule has 0 amide bonds. The average molecular weight is 193 g/mol. The van der Waals surface area contributed by atoms with Crippen molar-refractivity contribution in [1.29, 1.82) is 0 Å².